The number of ether oxygens (including phenoxy) is 1. The van der Waals surface area contributed by atoms with Gasteiger partial charge in [-0.15, -0.1) is 0 Å². The van der Waals surface area contributed by atoms with E-state index in [9.17, 15) is 18.7 Å². The molecule has 1 aliphatic heterocycles. The Hall–Kier alpha value is -3.22. The van der Waals surface area contributed by atoms with E-state index in [1.54, 1.807) is 18.2 Å². The molecule has 0 radical (unpaired) electrons. The summed E-state index contributed by atoms with van der Waals surface area (Å²) in [4.78, 5) is 13.9. The molecule has 2 aliphatic rings. The van der Waals surface area contributed by atoms with Gasteiger partial charge in [-0.1, -0.05) is 35.9 Å². The second-order valence-corrected chi connectivity index (χ2v) is 10.3. The summed E-state index contributed by atoms with van der Waals surface area (Å²) < 4.78 is 33.2. The molecule has 1 saturated heterocycles. The molecule has 1 atom stereocenters. The molecule has 5 rings (SSSR count). The Kier molecular flexibility index (Phi) is 8.10. The third-order valence-corrected chi connectivity index (χ3v) is 7.65. The number of nitrogens with zero attached hydrogens (tertiary/aromatic N) is 1. The van der Waals surface area contributed by atoms with E-state index >= 15 is 0 Å². The van der Waals surface area contributed by atoms with E-state index in [1.807, 2.05) is 36.4 Å². The summed E-state index contributed by atoms with van der Waals surface area (Å²) in [7, 11) is 0. The summed E-state index contributed by atoms with van der Waals surface area (Å²) in [6, 6.07) is 18.0. The molecule has 1 aliphatic carbocycles. The highest BCUT2D eigenvalue weighted by Gasteiger charge is 2.25. The van der Waals surface area contributed by atoms with Crippen LogP contribution in [0, 0.1) is 5.82 Å². The first kappa shape index (κ1) is 26.4. The number of aryl methyl sites for hydroxylation is 1. The molecule has 0 amide bonds. The number of hydrogen-bond donors (Lipinski definition) is 1. The first-order valence-electron chi connectivity index (χ1n) is 13.0. The molecule has 7 heteroatoms. The fourth-order valence-electron chi connectivity index (χ4n) is 5.50. The molecule has 0 saturated carbocycles. The topological polar surface area (TPSA) is 49.8 Å². The van der Waals surface area contributed by atoms with Gasteiger partial charge in [0.1, 0.15) is 17.7 Å². The van der Waals surface area contributed by atoms with E-state index < -0.39 is 11.8 Å². The molecule has 38 heavy (non-hydrogen) atoms. The summed E-state index contributed by atoms with van der Waals surface area (Å²) >= 11 is 5.97. The Morgan fingerprint density at radius 2 is 1.84 bits per heavy atom. The molecule has 1 heterocycles. The maximum atomic E-state index is 14.5. The number of alkyl halides is 1. The van der Waals surface area contributed by atoms with Gasteiger partial charge in [0.05, 0.1) is 17.3 Å². The molecule has 3 aromatic carbocycles. The van der Waals surface area contributed by atoms with Gasteiger partial charge in [0.15, 0.2) is 0 Å². The van der Waals surface area contributed by atoms with Gasteiger partial charge in [-0.2, -0.15) is 0 Å². The highest BCUT2D eigenvalue weighted by molar-refractivity contribution is 6.30. The van der Waals surface area contributed by atoms with Crippen LogP contribution >= 0.6 is 11.6 Å². The van der Waals surface area contributed by atoms with Crippen LogP contribution in [0.4, 0.5) is 8.78 Å². The minimum Gasteiger partial charge on any atom is -0.489 e. The first-order chi connectivity index (χ1) is 18.4. The number of carboxylic acids is 1. The third kappa shape index (κ3) is 5.77. The van der Waals surface area contributed by atoms with E-state index in [2.05, 4.69) is 4.90 Å². The van der Waals surface area contributed by atoms with Crippen LogP contribution in [-0.4, -0.2) is 48.4 Å². The quantitative estimate of drug-likeness (QED) is 0.328. The van der Waals surface area contributed by atoms with Gasteiger partial charge >= 0.3 is 5.97 Å². The molecule has 0 spiro atoms. The number of hydrogen-bond acceptors (Lipinski definition) is 3. The number of carboxylic acid groups (broad SMARTS) is 1. The summed E-state index contributed by atoms with van der Waals surface area (Å²) in [6.07, 6.45) is 3.77. The molecule has 1 fully saturated rings. The molecule has 3 aromatic rings. The minimum absolute atomic E-state index is 0.0697. The predicted molar refractivity (Wildman–Crippen MR) is 146 cm³/mol. The first-order valence-corrected chi connectivity index (χ1v) is 13.4. The molecule has 198 valence electrons. The van der Waals surface area contributed by atoms with E-state index in [1.165, 1.54) is 6.07 Å². The molecular formula is C31H30ClF2NO3. The van der Waals surface area contributed by atoms with Gasteiger partial charge in [0.2, 0.25) is 0 Å². The standard InChI is InChI=1S/C31H30ClF2NO3/c32-28-12-8-22(18-29(28)34)26-4-1-3-21-17-23(31(36)37)7-11-27(21)30(26)20-5-9-24(10-6-20)38-25-13-16-35(19-25)15-2-14-33/h5-12,17-18,25H,1-4,13-16,19H2,(H,36,37)/t25-/m0/s1. The number of carbonyl (C=O) groups is 1. The highest BCUT2D eigenvalue weighted by atomic mass is 35.5. The highest BCUT2D eigenvalue weighted by Crippen LogP contribution is 2.41. The minimum atomic E-state index is -0.959. The lowest BCUT2D eigenvalue weighted by Crippen LogP contribution is -2.26. The summed E-state index contributed by atoms with van der Waals surface area (Å²) in [6.45, 7) is 2.15. The van der Waals surface area contributed by atoms with Crippen molar-refractivity contribution in [3.05, 3.63) is 99.3 Å². The largest absolute Gasteiger partial charge is 0.489 e. The zero-order valence-corrected chi connectivity index (χ0v) is 21.8. The number of allylic oxidation sites excluding steroid dienone is 1. The van der Waals surface area contributed by atoms with Gasteiger partial charge in [0.25, 0.3) is 0 Å². The second-order valence-electron chi connectivity index (χ2n) is 9.91. The number of halogens is 3. The second kappa shape index (κ2) is 11.7. The van der Waals surface area contributed by atoms with Crippen molar-refractivity contribution in [1.29, 1.82) is 0 Å². The van der Waals surface area contributed by atoms with Crippen molar-refractivity contribution in [2.75, 3.05) is 26.3 Å². The van der Waals surface area contributed by atoms with Gasteiger partial charge in [-0.05, 0) is 102 Å². The lowest BCUT2D eigenvalue weighted by Gasteiger charge is -2.19. The molecule has 0 bridgehead atoms. The zero-order valence-electron chi connectivity index (χ0n) is 21.1. The number of fused-ring (bicyclic) bond motifs is 1. The molecule has 0 unspecified atom stereocenters. The van der Waals surface area contributed by atoms with Crippen molar-refractivity contribution >= 4 is 28.7 Å². The van der Waals surface area contributed by atoms with Crippen LogP contribution in [0.3, 0.4) is 0 Å². The monoisotopic (exact) mass is 537 g/mol. The van der Waals surface area contributed by atoms with E-state index in [0.29, 0.717) is 12.8 Å². The van der Waals surface area contributed by atoms with Gasteiger partial charge < -0.3 is 9.84 Å². The SMILES string of the molecule is O=C(O)c1ccc2c(c1)CCCC(c1ccc(Cl)c(F)c1)=C2c1ccc(O[C@H]2CCN(CCCF)C2)cc1. The van der Waals surface area contributed by atoms with Gasteiger partial charge in [-0.3, -0.25) is 9.29 Å². The van der Waals surface area contributed by atoms with Crippen LogP contribution in [0.15, 0.2) is 60.7 Å². The number of rotatable bonds is 8. The molecule has 0 aromatic heterocycles. The fourth-order valence-corrected chi connectivity index (χ4v) is 5.61. The average molecular weight is 538 g/mol. The Labute approximate surface area is 226 Å². The normalized spacial score (nSPS) is 17.8. The van der Waals surface area contributed by atoms with E-state index in [-0.39, 0.29) is 23.4 Å². The van der Waals surface area contributed by atoms with Crippen LogP contribution in [0.2, 0.25) is 5.02 Å². The summed E-state index contributed by atoms with van der Waals surface area (Å²) in [5.41, 5.74) is 5.83. The van der Waals surface area contributed by atoms with Crippen molar-refractivity contribution in [3.8, 4) is 5.75 Å². The number of likely N-dealkylation sites (tertiary alicyclic amines) is 1. The lowest BCUT2D eigenvalue weighted by molar-refractivity contribution is 0.0696. The predicted octanol–water partition coefficient (Wildman–Crippen LogP) is 7.29. The van der Waals surface area contributed by atoms with Crippen molar-refractivity contribution < 1.29 is 23.4 Å². The fraction of sp³-hybridized carbons (Fsp3) is 0.323. The lowest BCUT2D eigenvalue weighted by atomic mass is 9.87. The van der Waals surface area contributed by atoms with E-state index in [0.717, 1.165) is 78.0 Å². The Balaban J connectivity index is 1.50. The van der Waals surface area contributed by atoms with Gasteiger partial charge in [-0.25, -0.2) is 9.18 Å². The summed E-state index contributed by atoms with van der Waals surface area (Å²) in [5, 5.41) is 9.61. The number of aromatic carboxylic acids is 1. The Morgan fingerprint density at radius 1 is 1.05 bits per heavy atom. The van der Waals surface area contributed by atoms with Gasteiger partial charge in [0, 0.05) is 19.6 Å². The molecule has 1 N–H and O–H groups in total. The Morgan fingerprint density at radius 3 is 2.58 bits per heavy atom. The average Bonchev–Trinajstić information content (AvgIpc) is 3.27. The zero-order chi connectivity index (χ0) is 26.6. The molecule has 4 nitrogen and oxygen atoms in total. The number of benzene rings is 3. The van der Waals surface area contributed by atoms with Crippen molar-refractivity contribution in [2.24, 2.45) is 0 Å². The van der Waals surface area contributed by atoms with Crippen LogP contribution in [0.1, 0.15) is 58.3 Å². The van der Waals surface area contributed by atoms with Crippen LogP contribution in [0.25, 0.3) is 11.1 Å². The molecular weight excluding hydrogens is 508 g/mol. The van der Waals surface area contributed by atoms with Crippen molar-refractivity contribution in [1.82, 2.24) is 4.90 Å². The van der Waals surface area contributed by atoms with Crippen molar-refractivity contribution in [2.45, 2.75) is 38.2 Å². The van der Waals surface area contributed by atoms with E-state index in [4.69, 9.17) is 16.3 Å². The maximum absolute atomic E-state index is 14.5. The summed E-state index contributed by atoms with van der Waals surface area (Å²) in [5.74, 6) is -0.664. The van der Waals surface area contributed by atoms with Crippen LogP contribution in [0.5, 0.6) is 5.75 Å². The smallest absolute Gasteiger partial charge is 0.335 e. The van der Waals surface area contributed by atoms with Crippen molar-refractivity contribution in [3.63, 3.8) is 0 Å². The maximum Gasteiger partial charge on any atom is 0.335 e. The van der Waals surface area contributed by atoms with Crippen LogP contribution in [-0.2, 0) is 6.42 Å². The van der Waals surface area contributed by atoms with Crippen LogP contribution < -0.4 is 4.74 Å². The Bertz CT molecular complexity index is 1360. The third-order valence-electron chi connectivity index (χ3n) is 7.35.